The highest BCUT2D eigenvalue weighted by Gasteiger charge is 2.42. The third kappa shape index (κ3) is 31.6. The molecular formula is C106H120O31. The van der Waals surface area contributed by atoms with Gasteiger partial charge in [-0.05, 0) is 246 Å². The molecule has 0 amide bonds. The Kier molecular flexibility index (Phi) is 40.1. The molecule has 137 heavy (non-hydrogen) atoms. The number of aliphatic hydroxyl groups excluding tert-OH is 1. The fourth-order valence-corrected chi connectivity index (χ4v) is 13.4. The van der Waals surface area contributed by atoms with Crippen LogP contribution in [-0.2, 0) is 49.3 Å². The Labute approximate surface area is 796 Å². The third-order valence-corrected chi connectivity index (χ3v) is 23.6. The Bertz CT molecular complexity index is 5440. The van der Waals surface area contributed by atoms with Gasteiger partial charge in [0.1, 0.15) is 86.5 Å². The summed E-state index contributed by atoms with van der Waals surface area (Å²) in [5, 5.41) is 45.5. The molecule has 5 heterocycles. The molecule has 0 unspecified atom stereocenters. The number of aliphatic hydroxyl groups is 1. The van der Waals surface area contributed by atoms with E-state index in [-0.39, 0.29) is 127 Å². The molecule has 5 saturated heterocycles. The third-order valence-electron chi connectivity index (χ3n) is 23.6. The van der Waals surface area contributed by atoms with Crippen LogP contribution < -0.4 is 42.6 Å². The lowest BCUT2D eigenvalue weighted by atomic mass is 9.84. The van der Waals surface area contributed by atoms with Gasteiger partial charge in [0, 0.05) is 14.1 Å². The molecule has 0 aliphatic carbocycles. The number of ether oxygens (including phenoxy) is 17. The van der Waals surface area contributed by atoms with Gasteiger partial charge in [0.05, 0.1) is 167 Å². The van der Waals surface area contributed by atoms with Crippen molar-refractivity contribution in [3.8, 4) is 63.2 Å². The second kappa shape index (κ2) is 52.2. The number of aromatic hydroxyl groups is 2. The largest absolute Gasteiger partial charge is 0.508 e. The minimum atomic E-state index is -1.35. The molecule has 0 radical (unpaired) electrons. The summed E-state index contributed by atoms with van der Waals surface area (Å²) in [6.45, 7) is 27.4. The molecule has 9 aromatic carbocycles. The van der Waals surface area contributed by atoms with Crippen molar-refractivity contribution < 1.29 is 151 Å². The molecule has 5 aliphatic rings. The highest BCUT2D eigenvalue weighted by molar-refractivity contribution is 5.99. The van der Waals surface area contributed by atoms with Crippen molar-refractivity contribution in [3.63, 3.8) is 0 Å². The van der Waals surface area contributed by atoms with Gasteiger partial charge in [0.15, 0.2) is 0 Å². The highest BCUT2D eigenvalue weighted by atomic mass is 16.6. The number of carboxylic acids is 2. The van der Waals surface area contributed by atoms with Crippen LogP contribution in [0, 0.1) is 27.1 Å². The van der Waals surface area contributed by atoms with Crippen LogP contribution in [0.15, 0.2) is 232 Å². The summed E-state index contributed by atoms with van der Waals surface area (Å²) in [4.78, 5) is 110. The van der Waals surface area contributed by atoms with Gasteiger partial charge in [-0.2, -0.15) is 0 Å². The van der Waals surface area contributed by atoms with Crippen molar-refractivity contribution in [2.75, 3.05) is 119 Å². The Balaban J connectivity index is 0.000000219. The number of allylic oxidation sites excluding steroid dienone is 1. The van der Waals surface area contributed by atoms with Gasteiger partial charge in [-0.25, -0.2) is 43.2 Å². The predicted molar refractivity (Wildman–Crippen MR) is 503 cm³/mol. The first-order valence-corrected chi connectivity index (χ1v) is 45.2. The number of unbranched alkanes of at least 4 members (excludes halogenated alkanes) is 3. The normalized spacial score (nSPS) is 14.8. The smallest absolute Gasteiger partial charge is 0.343 e. The summed E-state index contributed by atoms with van der Waals surface area (Å²) in [6, 6.07) is 53.2. The van der Waals surface area contributed by atoms with Crippen LogP contribution in [0.2, 0.25) is 0 Å². The zero-order valence-electron chi connectivity index (χ0n) is 77.6. The van der Waals surface area contributed by atoms with Crippen molar-refractivity contribution in [2.45, 2.75) is 105 Å². The van der Waals surface area contributed by atoms with Gasteiger partial charge in [-0.1, -0.05) is 77.6 Å². The molecule has 0 spiro atoms. The van der Waals surface area contributed by atoms with E-state index in [1.54, 1.807) is 121 Å². The molecular weight excluding hydrogens is 1770 g/mol. The maximum atomic E-state index is 13.2. The van der Waals surface area contributed by atoms with Gasteiger partial charge >= 0.3 is 53.7 Å². The van der Waals surface area contributed by atoms with Crippen LogP contribution >= 0.6 is 0 Å². The molecule has 5 N–H and O–H groups in total. The van der Waals surface area contributed by atoms with E-state index in [9.17, 15) is 58.5 Å². The maximum absolute atomic E-state index is 13.2. The van der Waals surface area contributed by atoms with Crippen LogP contribution in [0.3, 0.4) is 0 Å². The lowest BCUT2D eigenvalue weighted by Crippen LogP contribution is -2.46. The number of carbonyl (C=O) groups is 9. The molecule has 9 aromatic rings. The molecule has 31 heteroatoms. The summed E-state index contributed by atoms with van der Waals surface area (Å²) >= 11 is 0. The lowest BCUT2D eigenvalue weighted by molar-refractivity contribution is -0.137. The van der Waals surface area contributed by atoms with Crippen molar-refractivity contribution in [2.24, 2.45) is 27.1 Å². The monoisotopic (exact) mass is 1890 g/mol. The second-order valence-electron chi connectivity index (χ2n) is 33.8. The number of rotatable bonds is 44. The van der Waals surface area contributed by atoms with Crippen LogP contribution in [0.25, 0.3) is 0 Å². The summed E-state index contributed by atoms with van der Waals surface area (Å²) < 4.78 is 93.2. The predicted octanol–water partition coefficient (Wildman–Crippen LogP) is 18.1. The topological polar surface area (TPSA) is 412 Å². The zero-order valence-corrected chi connectivity index (χ0v) is 77.6. The van der Waals surface area contributed by atoms with E-state index in [0.29, 0.717) is 134 Å². The summed E-state index contributed by atoms with van der Waals surface area (Å²) in [5.41, 5.74) is 1.80. The average molecular weight is 1890 g/mol. The van der Waals surface area contributed by atoms with E-state index < -0.39 is 53.7 Å². The van der Waals surface area contributed by atoms with Crippen LogP contribution in [-0.4, -0.2) is 198 Å². The van der Waals surface area contributed by atoms with Crippen LogP contribution in [0.1, 0.15) is 189 Å². The first-order valence-electron chi connectivity index (χ1n) is 45.2. The number of esters is 7. The number of carboxylic acid groups (broad SMARTS) is 2. The SMILES string of the molecule is C=CC(=O)OCCCCOC(=O)c1cc(OC(=O)c2ccc(OCC3(CC)COC3)cc2)ccc1OC(=O)c1ccc(OCC2(CC)COC2)cc1.C=CCCCCO.CCC1(COc2ccc(C(=O)O)cc2)COC1.CCC1(COc2ccc(C(=O)Oc3ccc(OC(=O)c4ccc(OCC5(CC)COC5)cc4)c(C(=O)O)c3)cc2)COC1.O=C(OCc1ccccc1)c1cc(O)ccc1O.[HH]. The van der Waals surface area contributed by atoms with Gasteiger partial charge in [-0.3, -0.25) is 0 Å². The number of hydrogen-bond acceptors (Lipinski definition) is 29. The van der Waals surface area contributed by atoms with Gasteiger partial charge < -0.3 is 106 Å². The Morgan fingerprint density at radius 2 is 0.686 bits per heavy atom. The standard InChI is InChI=1S/C40H44O12.C33H34O10.C14H12O4.C13H16O4.C6H12O.H2/c1-4-35(41)47-19-7-8-20-48-38(44)33-21-32(51-36(42)28-9-13-30(14-10-28)49-26-39(5-2)22-45-23-39)17-18-34(33)52-37(43)29-11-15-31(16-12-29)50-27-40(6-3)24-46-25-40;1-3-32(16-38-17-32)20-40-24-9-5-22(6-10-24)30(36)42-26-13-14-28(27(15-26)29(34)35)43-31(37)23-7-11-25(12-8-23)41-21-33(4-2)18-39-19-33;15-11-6-7-13(16)12(8-11)14(17)18-9-10-4-2-1-3-5-10;1-2-13(7-16-8-13)9-17-11-5-3-10(4-6-11)12(14)15;1-2-3-4-5-6-7;/h4,9-18,21H,1,5-8,19-20,22-27H2,2-3H3;5-15H,3-4,16-21H2,1-2H3,(H,34,35);1-8,15-16H,9H2;3-6H,2,7-9H2,1H3,(H,14,15);2,7H,1,3-6H2;1H. The molecule has 5 aliphatic heterocycles. The van der Waals surface area contributed by atoms with Crippen molar-refractivity contribution in [3.05, 3.63) is 282 Å². The van der Waals surface area contributed by atoms with E-state index in [1.807, 2.05) is 36.4 Å². The van der Waals surface area contributed by atoms with E-state index in [1.165, 1.54) is 48.5 Å². The fraction of sp³-hybridized carbons (Fsp3) is 0.368. The van der Waals surface area contributed by atoms with E-state index in [0.717, 1.165) is 82.3 Å². The minimum absolute atomic E-state index is 0. The molecule has 14 rings (SSSR count). The van der Waals surface area contributed by atoms with E-state index in [2.05, 4.69) is 47.8 Å². The Morgan fingerprint density at radius 3 is 1.01 bits per heavy atom. The minimum Gasteiger partial charge on any atom is -0.508 e. The molecule has 0 atom stereocenters. The number of aromatic carboxylic acids is 2. The second-order valence-corrected chi connectivity index (χ2v) is 33.8. The molecule has 730 valence electrons. The molecule has 31 nitrogen and oxygen atoms in total. The number of benzene rings is 9. The molecule has 5 fully saturated rings. The number of hydrogen-bond donors (Lipinski definition) is 5. The van der Waals surface area contributed by atoms with Gasteiger partial charge in [0.25, 0.3) is 0 Å². The first kappa shape index (κ1) is 105. The molecule has 0 aromatic heterocycles. The fourth-order valence-electron chi connectivity index (χ4n) is 13.4. The Hall–Kier alpha value is -14.0. The number of phenols is 2. The molecule has 0 saturated carbocycles. The highest BCUT2D eigenvalue weighted by Crippen LogP contribution is 2.39. The van der Waals surface area contributed by atoms with Gasteiger partial charge in [-0.15, -0.1) is 6.58 Å². The zero-order chi connectivity index (χ0) is 98.2. The quantitative estimate of drug-likeness (QED) is 0.00450. The number of phenolic OH excluding ortho intramolecular Hbond substituents is 2. The maximum Gasteiger partial charge on any atom is 0.343 e. The summed E-state index contributed by atoms with van der Waals surface area (Å²) in [5.74, 6) is -4.53. The van der Waals surface area contributed by atoms with Crippen LogP contribution in [0.4, 0.5) is 0 Å². The average Bonchev–Trinajstić information content (AvgIpc) is 0.821. The summed E-state index contributed by atoms with van der Waals surface area (Å²) in [6.07, 6.45) is 11.6. The summed E-state index contributed by atoms with van der Waals surface area (Å²) in [7, 11) is 0. The first-order chi connectivity index (χ1) is 66.1. The Morgan fingerprint density at radius 1 is 0.350 bits per heavy atom. The van der Waals surface area contributed by atoms with E-state index >= 15 is 0 Å². The van der Waals surface area contributed by atoms with Crippen molar-refractivity contribution in [1.82, 2.24) is 0 Å². The number of carbonyl (C=O) groups excluding carboxylic acids is 7. The molecule has 0 bridgehead atoms. The van der Waals surface area contributed by atoms with Crippen molar-refractivity contribution >= 4 is 53.7 Å². The van der Waals surface area contributed by atoms with Gasteiger partial charge in [0.2, 0.25) is 0 Å². The van der Waals surface area contributed by atoms with Crippen molar-refractivity contribution in [1.29, 1.82) is 0 Å². The van der Waals surface area contributed by atoms with Crippen LogP contribution in [0.5, 0.6) is 63.2 Å². The van der Waals surface area contributed by atoms with E-state index in [4.69, 9.17) is 90.7 Å². The lowest BCUT2D eigenvalue weighted by Gasteiger charge is -2.40.